The molecular formula is C18H18Cl2N2O3S. The molecule has 0 bridgehead atoms. The monoisotopic (exact) mass is 412 g/mol. The van der Waals surface area contributed by atoms with Gasteiger partial charge in [-0.1, -0.05) is 54.2 Å². The first-order chi connectivity index (χ1) is 12.4. The predicted octanol–water partition coefficient (Wildman–Crippen LogP) is 4.47. The molecule has 26 heavy (non-hydrogen) atoms. The van der Waals surface area contributed by atoms with Gasteiger partial charge in [-0.15, -0.1) is 0 Å². The lowest BCUT2D eigenvalue weighted by atomic mass is 10.1. The molecule has 1 fully saturated rings. The molecule has 8 heteroatoms. The van der Waals surface area contributed by atoms with Crippen molar-refractivity contribution in [2.45, 2.75) is 36.6 Å². The van der Waals surface area contributed by atoms with Crippen LogP contribution in [-0.2, 0) is 10.0 Å². The SMILES string of the molecule is O=C(NC1CCCC1)c1ccccc1NS(=O)(=O)c1cccc(Cl)c1Cl. The van der Waals surface area contributed by atoms with Crippen LogP contribution in [-0.4, -0.2) is 20.4 Å². The molecule has 1 amide bonds. The number of halogens is 2. The lowest BCUT2D eigenvalue weighted by molar-refractivity contribution is 0.0939. The van der Waals surface area contributed by atoms with E-state index in [1.807, 2.05) is 0 Å². The standard InChI is InChI=1S/C18H18Cl2N2O3S/c19-14-9-5-11-16(17(14)20)26(24,25)22-15-10-4-3-8-13(15)18(23)21-12-6-1-2-7-12/h3-5,8-12,22H,1-2,6-7H2,(H,21,23). The number of para-hydroxylation sites is 1. The predicted molar refractivity (Wildman–Crippen MR) is 103 cm³/mol. The van der Waals surface area contributed by atoms with Gasteiger partial charge in [-0.2, -0.15) is 0 Å². The summed E-state index contributed by atoms with van der Waals surface area (Å²) in [6.45, 7) is 0. The summed E-state index contributed by atoms with van der Waals surface area (Å²) < 4.78 is 27.9. The van der Waals surface area contributed by atoms with E-state index in [1.165, 1.54) is 18.2 Å². The number of hydrogen-bond acceptors (Lipinski definition) is 3. The van der Waals surface area contributed by atoms with Crippen LogP contribution in [0.3, 0.4) is 0 Å². The second kappa shape index (κ2) is 7.86. The normalized spacial score (nSPS) is 15.0. The molecule has 0 unspecified atom stereocenters. The van der Waals surface area contributed by atoms with Crippen molar-refractivity contribution in [3.8, 4) is 0 Å². The molecule has 0 saturated heterocycles. The van der Waals surface area contributed by atoms with Crippen LogP contribution in [0.15, 0.2) is 47.4 Å². The number of sulfonamides is 1. The van der Waals surface area contributed by atoms with Crippen molar-refractivity contribution >= 4 is 44.8 Å². The first-order valence-corrected chi connectivity index (χ1v) is 10.5. The summed E-state index contributed by atoms with van der Waals surface area (Å²) in [5.74, 6) is -0.299. The summed E-state index contributed by atoms with van der Waals surface area (Å²) in [6, 6.07) is 11.0. The summed E-state index contributed by atoms with van der Waals surface area (Å²) in [5.41, 5.74) is 0.458. The van der Waals surface area contributed by atoms with E-state index in [0.29, 0.717) is 0 Å². The van der Waals surface area contributed by atoms with Crippen molar-refractivity contribution in [2.24, 2.45) is 0 Å². The molecule has 0 spiro atoms. The van der Waals surface area contributed by atoms with Crippen LogP contribution in [0.2, 0.25) is 10.0 Å². The van der Waals surface area contributed by atoms with E-state index in [4.69, 9.17) is 23.2 Å². The Morgan fingerprint density at radius 1 is 1.00 bits per heavy atom. The lowest BCUT2D eigenvalue weighted by Crippen LogP contribution is -2.33. The largest absolute Gasteiger partial charge is 0.349 e. The third-order valence-corrected chi connectivity index (χ3v) is 6.65. The van der Waals surface area contributed by atoms with Crippen molar-refractivity contribution in [1.82, 2.24) is 5.32 Å². The Morgan fingerprint density at radius 2 is 1.69 bits per heavy atom. The summed E-state index contributed by atoms with van der Waals surface area (Å²) >= 11 is 11.9. The van der Waals surface area contributed by atoms with E-state index in [1.54, 1.807) is 24.3 Å². The highest BCUT2D eigenvalue weighted by atomic mass is 35.5. The van der Waals surface area contributed by atoms with Gasteiger partial charge < -0.3 is 5.32 Å². The maximum Gasteiger partial charge on any atom is 0.263 e. The zero-order valence-corrected chi connectivity index (χ0v) is 16.2. The molecule has 0 aromatic heterocycles. The highest BCUT2D eigenvalue weighted by Crippen LogP contribution is 2.31. The number of rotatable bonds is 5. The van der Waals surface area contributed by atoms with Gasteiger partial charge in [-0.25, -0.2) is 8.42 Å². The molecule has 1 aliphatic rings. The average molecular weight is 413 g/mol. The third kappa shape index (κ3) is 4.14. The topological polar surface area (TPSA) is 75.3 Å². The van der Waals surface area contributed by atoms with E-state index in [9.17, 15) is 13.2 Å². The van der Waals surface area contributed by atoms with Gasteiger partial charge in [0.2, 0.25) is 0 Å². The third-order valence-electron chi connectivity index (χ3n) is 4.31. The number of anilines is 1. The van der Waals surface area contributed by atoms with E-state index in [-0.39, 0.29) is 38.1 Å². The zero-order valence-electron chi connectivity index (χ0n) is 13.8. The number of amides is 1. The molecule has 2 N–H and O–H groups in total. The van der Waals surface area contributed by atoms with Gasteiger partial charge in [0.05, 0.1) is 21.3 Å². The van der Waals surface area contributed by atoms with Gasteiger partial charge in [0, 0.05) is 6.04 Å². The van der Waals surface area contributed by atoms with Crippen LogP contribution < -0.4 is 10.0 Å². The highest BCUT2D eigenvalue weighted by Gasteiger charge is 2.23. The minimum atomic E-state index is -4.00. The Kier molecular flexibility index (Phi) is 5.75. The second-order valence-corrected chi connectivity index (χ2v) is 8.59. The van der Waals surface area contributed by atoms with E-state index in [0.717, 1.165) is 25.7 Å². The smallest absolute Gasteiger partial charge is 0.263 e. The highest BCUT2D eigenvalue weighted by molar-refractivity contribution is 7.92. The second-order valence-electron chi connectivity index (χ2n) is 6.16. The fourth-order valence-corrected chi connectivity index (χ4v) is 4.84. The average Bonchev–Trinajstić information content (AvgIpc) is 3.10. The Labute approximate surface area is 162 Å². The van der Waals surface area contributed by atoms with Crippen LogP contribution in [0, 0.1) is 0 Å². The molecule has 2 aromatic rings. The molecule has 3 rings (SSSR count). The minimum Gasteiger partial charge on any atom is -0.349 e. The zero-order chi connectivity index (χ0) is 18.7. The molecule has 1 aliphatic carbocycles. The van der Waals surface area contributed by atoms with Crippen LogP contribution in [0.25, 0.3) is 0 Å². The van der Waals surface area contributed by atoms with Gasteiger partial charge in [0.25, 0.3) is 15.9 Å². The van der Waals surface area contributed by atoms with E-state index < -0.39 is 10.0 Å². The number of carbonyl (C=O) groups is 1. The maximum atomic E-state index is 12.7. The van der Waals surface area contributed by atoms with Gasteiger partial charge >= 0.3 is 0 Å². The Balaban J connectivity index is 1.88. The molecule has 0 aliphatic heterocycles. The Bertz CT molecular complexity index is 926. The van der Waals surface area contributed by atoms with Crippen LogP contribution in [0.1, 0.15) is 36.0 Å². The number of carbonyl (C=O) groups excluding carboxylic acids is 1. The fraction of sp³-hybridized carbons (Fsp3) is 0.278. The molecule has 1 saturated carbocycles. The summed E-state index contributed by atoms with van der Waals surface area (Å²) in [7, 11) is -4.00. The minimum absolute atomic E-state index is 0.0606. The van der Waals surface area contributed by atoms with Gasteiger partial charge in [-0.05, 0) is 37.1 Å². The molecule has 0 radical (unpaired) electrons. The molecule has 138 valence electrons. The van der Waals surface area contributed by atoms with Gasteiger partial charge in [-0.3, -0.25) is 9.52 Å². The molecule has 0 heterocycles. The Hall–Kier alpha value is -1.76. The van der Waals surface area contributed by atoms with Crippen molar-refractivity contribution in [3.05, 3.63) is 58.1 Å². The summed E-state index contributed by atoms with van der Waals surface area (Å²) in [6.07, 6.45) is 4.06. The van der Waals surface area contributed by atoms with Crippen molar-refractivity contribution < 1.29 is 13.2 Å². The first-order valence-electron chi connectivity index (χ1n) is 8.25. The van der Waals surface area contributed by atoms with Crippen molar-refractivity contribution in [2.75, 3.05) is 4.72 Å². The quantitative estimate of drug-likeness (QED) is 0.760. The van der Waals surface area contributed by atoms with E-state index in [2.05, 4.69) is 10.0 Å². The summed E-state index contributed by atoms with van der Waals surface area (Å²) in [5, 5.41) is 3.04. The molecule has 2 aromatic carbocycles. The Morgan fingerprint density at radius 3 is 2.42 bits per heavy atom. The number of benzene rings is 2. The molecule has 0 atom stereocenters. The van der Waals surface area contributed by atoms with Crippen LogP contribution >= 0.6 is 23.2 Å². The van der Waals surface area contributed by atoms with E-state index >= 15 is 0 Å². The number of nitrogens with one attached hydrogen (secondary N) is 2. The fourth-order valence-electron chi connectivity index (χ4n) is 2.99. The van der Waals surface area contributed by atoms with Gasteiger partial charge in [0.15, 0.2) is 0 Å². The maximum absolute atomic E-state index is 12.7. The summed E-state index contributed by atoms with van der Waals surface area (Å²) in [4.78, 5) is 12.4. The van der Waals surface area contributed by atoms with Crippen LogP contribution in [0.5, 0.6) is 0 Å². The van der Waals surface area contributed by atoms with Crippen molar-refractivity contribution in [1.29, 1.82) is 0 Å². The first kappa shape index (κ1) is 19.0. The van der Waals surface area contributed by atoms with Crippen molar-refractivity contribution in [3.63, 3.8) is 0 Å². The molecule has 5 nitrogen and oxygen atoms in total. The van der Waals surface area contributed by atoms with Crippen LogP contribution in [0.4, 0.5) is 5.69 Å². The number of hydrogen-bond donors (Lipinski definition) is 2. The molecular weight excluding hydrogens is 395 g/mol. The van der Waals surface area contributed by atoms with Gasteiger partial charge in [0.1, 0.15) is 4.90 Å². The lowest BCUT2D eigenvalue weighted by Gasteiger charge is -2.16.